The van der Waals surface area contributed by atoms with E-state index in [0.717, 1.165) is 41.7 Å². The lowest BCUT2D eigenvalue weighted by Gasteiger charge is -2.35. The van der Waals surface area contributed by atoms with Crippen molar-refractivity contribution in [3.8, 4) is 0 Å². The Kier molecular flexibility index (Phi) is 5.11. The number of amides is 1. The van der Waals surface area contributed by atoms with Crippen molar-refractivity contribution in [2.24, 2.45) is 0 Å². The Balaban J connectivity index is 1.87. The minimum absolute atomic E-state index is 0.0556. The van der Waals surface area contributed by atoms with Gasteiger partial charge in [0.05, 0.1) is 5.57 Å². The molecule has 1 saturated carbocycles. The molecule has 0 spiro atoms. The van der Waals surface area contributed by atoms with E-state index in [0.29, 0.717) is 5.56 Å². The zero-order chi connectivity index (χ0) is 19.8. The molecule has 4 nitrogen and oxygen atoms in total. The molecule has 1 aliphatic carbocycles. The molecule has 2 heterocycles. The van der Waals surface area contributed by atoms with Crippen LogP contribution in [0.15, 0.2) is 41.3 Å². The Morgan fingerprint density at radius 3 is 2.32 bits per heavy atom. The predicted octanol–water partition coefficient (Wildman–Crippen LogP) is 5.12. The van der Waals surface area contributed by atoms with Crippen LogP contribution in [0.4, 0.5) is 0 Å². The molecule has 1 atom stereocenters. The molecule has 5 heteroatoms. The fourth-order valence-electron chi connectivity index (χ4n) is 4.37. The Bertz CT molecular complexity index is 935. The summed E-state index contributed by atoms with van der Waals surface area (Å²) in [6, 6.07) is 8.97. The van der Waals surface area contributed by atoms with Crippen molar-refractivity contribution in [1.82, 2.24) is 4.90 Å². The highest BCUT2D eigenvalue weighted by molar-refractivity contribution is 7.10. The van der Waals surface area contributed by atoms with Crippen LogP contribution in [0.5, 0.6) is 0 Å². The Hall–Kier alpha value is -2.40. The third-order valence-corrected chi connectivity index (χ3v) is 6.99. The quantitative estimate of drug-likeness (QED) is 0.446. The van der Waals surface area contributed by atoms with E-state index in [-0.39, 0.29) is 17.4 Å². The van der Waals surface area contributed by atoms with Crippen molar-refractivity contribution in [1.29, 1.82) is 0 Å². The predicted molar refractivity (Wildman–Crippen MR) is 111 cm³/mol. The van der Waals surface area contributed by atoms with Gasteiger partial charge in [-0.1, -0.05) is 49.1 Å². The molecule has 2 aliphatic rings. The van der Waals surface area contributed by atoms with Crippen molar-refractivity contribution < 1.29 is 14.7 Å². The van der Waals surface area contributed by atoms with Gasteiger partial charge in [0.25, 0.3) is 11.7 Å². The van der Waals surface area contributed by atoms with Crippen LogP contribution in [0.2, 0.25) is 0 Å². The molecule has 28 heavy (non-hydrogen) atoms. The number of likely N-dealkylation sites (tertiary alicyclic amines) is 1. The smallest absolute Gasteiger partial charge is 0.295 e. The van der Waals surface area contributed by atoms with Crippen LogP contribution in [0.3, 0.4) is 0 Å². The van der Waals surface area contributed by atoms with Crippen LogP contribution in [-0.2, 0) is 9.59 Å². The Labute approximate surface area is 169 Å². The normalized spacial score (nSPS) is 22.8. The molecule has 1 aromatic carbocycles. The van der Waals surface area contributed by atoms with Crippen molar-refractivity contribution >= 4 is 28.8 Å². The average Bonchev–Trinajstić information content (AvgIpc) is 3.23. The van der Waals surface area contributed by atoms with Gasteiger partial charge in [-0.15, -0.1) is 11.3 Å². The zero-order valence-electron chi connectivity index (χ0n) is 16.3. The van der Waals surface area contributed by atoms with Gasteiger partial charge in [0.1, 0.15) is 11.8 Å². The summed E-state index contributed by atoms with van der Waals surface area (Å²) in [5.41, 5.74) is 2.92. The lowest BCUT2D eigenvalue weighted by molar-refractivity contribution is -0.141. The molecule has 1 amide bonds. The van der Waals surface area contributed by atoms with Crippen LogP contribution in [-0.4, -0.2) is 27.7 Å². The first-order valence-electron chi connectivity index (χ1n) is 9.90. The van der Waals surface area contributed by atoms with Crippen LogP contribution in [0.25, 0.3) is 5.76 Å². The lowest BCUT2D eigenvalue weighted by atomic mass is 9.92. The molecule has 1 aromatic heterocycles. The molecule has 0 radical (unpaired) electrons. The fourth-order valence-corrected chi connectivity index (χ4v) is 5.41. The molecular weight excluding hydrogens is 370 g/mol. The maximum atomic E-state index is 13.1. The minimum atomic E-state index is -0.568. The van der Waals surface area contributed by atoms with E-state index in [1.165, 1.54) is 6.42 Å². The summed E-state index contributed by atoms with van der Waals surface area (Å²) in [7, 11) is 0. The van der Waals surface area contributed by atoms with E-state index >= 15 is 0 Å². The van der Waals surface area contributed by atoms with Crippen LogP contribution in [0.1, 0.15) is 59.7 Å². The monoisotopic (exact) mass is 395 g/mol. The van der Waals surface area contributed by atoms with Crippen LogP contribution in [0, 0.1) is 13.8 Å². The molecule has 2 aromatic rings. The van der Waals surface area contributed by atoms with E-state index in [1.54, 1.807) is 28.4 Å². The average molecular weight is 396 g/mol. The summed E-state index contributed by atoms with van der Waals surface area (Å²) in [6.07, 6.45) is 5.15. The van der Waals surface area contributed by atoms with Crippen molar-refractivity contribution in [2.75, 3.05) is 0 Å². The third-order valence-electron chi connectivity index (χ3n) is 5.92. The summed E-state index contributed by atoms with van der Waals surface area (Å²) < 4.78 is 0. The molecule has 146 valence electrons. The number of aliphatic hydroxyl groups excluding tert-OH is 1. The molecule has 4 rings (SSSR count). The first-order valence-corrected chi connectivity index (χ1v) is 10.8. The van der Waals surface area contributed by atoms with Gasteiger partial charge in [-0.3, -0.25) is 9.59 Å². The molecule has 1 N–H and O–H groups in total. The molecule has 1 saturated heterocycles. The lowest BCUT2D eigenvalue weighted by Crippen LogP contribution is -2.40. The second-order valence-corrected chi connectivity index (χ2v) is 8.78. The summed E-state index contributed by atoms with van der Waals surface area (Å²) >= 11 is 1.55. The van der Waals surface area contributed by atoms with Gasteiger partial charge >= 0.3 is 0 Å². The van der Waals surface area contributed by atoms with Gasteiger partial charge in [0, 0.05) is 16.5 Å². The number of Topliss-reactive ketones (excluding diaryl/α,β-unsaturated/α-hetero) is 1. The minimum Gasteiger partial charge on any atom is -0.507 e. The molecule has 1 aliphatic heterocycles. The Morgan fingerprint density at radius 1 is 1.04 bits per heavy atom. The van der Waals surface area contributed by atoms with Crippen molar-refractivity contribution in [3.05, 3.63) is 62.9 Å². The summed E-state index contributed by atoms with van der Waals surface area (Å²) in [5, 5.41) is 13.0. The van der Waals surface area contributed by atoms with Crippen molar-refractivity contribution in [2.45, 2.75) is 58.0 Å². The number of nitrogens with zero attached hydrogens (tertiary/aromatic N) is 1. The van der Waals surface area contributed by atoms with E-state index in [4.69, 9.17) is 0 Å². The van der Waals surface area contributed by atoms with Gasteiger partial charge < -0.3 is 10.0 Å². The van der Waals surface area contributed by atoms with Crippen molar-refractivity contribution in [3.63, 3.8) is 0 Å². The zero-order valence-corrected chi connectivity index (χ0v) is 17.1. The molecule has 1 unspecified atom stereocenters. The highest BCUT2D eigenvalue weighted by atomic mass is 32.1. The van der Waals surface area contributed by atoms with Gasteiger partial charge in [0.2, 0.25) is 0 Å². The van der Waals surface area contributed by atoms with Crippen LogP contribution >= 0.6 is 11.3 Å². The number of benzene rings is 1. The number of aliphatic hydroxyl groups is 1. The second kappa shape index (κ2) is 7.55. The Morgan fingerprint density at radius 2 is 1.71 bits per heavy atom. The number of thiophene rings is 1. The number of ketones is 1. The van der Waals surface area contributed by atoms with Gasteiger partial charge in [-0.25, -0.2) is 0 Å². The number of hydrogen-bond acceptors (Lipinski definition) is 4. The van der Waals surface area contributed by atoms with Gasteiger partial charge in [-0.05, 0) is 43.7 Å². The summed E-state index contributed by atoms with van der Waals surface area (Å²) in [5.74, 6) is -1.12. The fraction of sp³-hybridized carbons (Fsp3) is 0.391. The highest BCUT2D eigenvalue weighted by Crippen LogP contribution is 2.45. The summed E-state index contributed by atoms with van der Waals surface area (Å²) in [6.45, 7) is 3.97. The maximum absolute atomic E-state index is 13.1. The number of rotatable bonds is 3. The first-order chi connectivity index (χ1) is 13.5. The third kappa shape index (κ3) is 3.18. The van der Waals surface area contributed by atoms with Crippen LogP contribution < -0.4 is 0 Å². The van der Waals surface area contributed by atoms with E-state index in [1.807, 2.05) is 37.4 Å². The standard InChI is InChI=1S/C23H25NO3S/c1-14-8-10-16(11-9-14)20(25)18-19(22-15(2)12-13-28-22)24(23(27)21(18)26)17-6-4-3-5-7-17/h8-13,17,19,25H,3-7H2,1-2H3/b20-18-. The molecule has 0 bridgehead atoms. The van der Waals surface area contributed by atoms with E-state index < -0.39 is 17.7 Å². The first kappa shape index (κ1) is 18.9. The van der Waals surface area contributed by atoms with Gasteiger partial charge in [0.15, 0.2) is 0 Å². The number of hydrogen-bond donors (Lipinski definition) is 1. The number of aryl methyl sites for hydroxylation is 2. The number of carbonyl (C=O) groups excluding carboxylic acids is 2. The number of carbonyl (C=O) groups is 2. The second-order valence-electron chi connectivity index (χ2n) is 7.83. The van der Waals surface area contributed by atoms with Gasteiger partial charge in [-0.2, -0.15) is 0 Å². The topological polar surface area (TPSA) is 57.6 Å². The SMILES string of the molecule is Cc1ccc(/C(O)=C2/C(=O)C(=O)N(C3CCCCC3)C2c2sccc2C)cc1. The highest BCUT2D eigenvalue weighted by Gasteiger charge is 2.49. The maximum Gasteiger partial charge on any atom is 0.295 e. The van der Waals surface area contributed by atoms with E-state index in [2.05, 4.69) is 0 Å². The largest absolute Gasteiger partial charge is 0.507 e. The molecule has 2 fully saturated rings. The van der Waals surface area contributed by atoms with E-state index in [9.17, 15) is 14.7 Å². The summed E-state index contributed by atoms with van der Waals surface area (Å²) in [4.78, 5) is 28.8. The molecular formula is C23H25NO3S.